The third-order valence-electron chi connectivity index (χ3n) is 3.29. The second-order valence-corrected chi connectivity index (χ2v) is 6.05. The SMILES string of the molecule is CCc1cnc(CCNC(=NC)NCc2cccnc2OC)s1.I. The molecule has 0 aliphatic carbocycles. The van der Waals surface area contributed by atoms with Gasteiger partial charge in [0, 0.05) is 49.4 Å². The van der Waals surface area contributed by atoms with Crippen molar-refractivity contribution in [3.8, 4) is 5.88 Å². The van der Waals surface area contributed by atoms with Crippen LogP contribution >= 0.6 is 35.3 Å². The predicted octanol–water partition coefficient (Wildman–Crippen LogP) is 2.63. The Kier molecular flexibility index (Phi) is 9.62. The van der Waals surface area contributed by atoms with Gasteiger partial charge in [-0.2, -0.15) is 0 Å². The molecule has 0 aliphatic heterocycles. The van der Waals surface area contributed by atoms with Gasteiger partial charge in [0.15, 0.2) is 5.96 Å². The highest BCUT2D eigenvalue weighted by atomic mass is 127. The van der Waals surface area contributed by atoms with Gasteiger partial charge in [-0.05, 0) is 12.5 Å². The number of nitrogens with zero attached hydrogens (tertiary/aromatic N) is 3. The summed E-state index contributed by atoms with van der Waals surface area (Å²) in [5.41, 5.74) is 0.991. The number of ether oxygens (including phenoxy) is 1. The number of nitrogens with one attached hydrogen (secondary N) is 2. The molecule has 2 N–H and O–H groups in total. The van der Waals surface area contributed by atoms with Crippen LogP contribution in [0.2, 0.25) is 0 Å². The minimum atomic E-state index is 0. The molecule has 0 aliphatic rings. The normalized spacial score (nSPS) is 10.9. The molecular weight excluding hydrogens is 437 g/mol. The Morgan fingerprint density at radius 1 is 1.33 bits per heavy atom. The Hall–Kier alpha value is -1.42. The average Bonchev–Trinajstić information content (AvgIpc) is 3.06. The fourth-order valence-corrected chi connectivity index (χ4v) is 2.92. The molecule has 0 unspecified atom stereocenters. The van der Waals surface area contributed by atoms with E-state index in [0.717, 1.165) is 35.9 Å². The number of halogens is 1. The van der Waals surface area contributed by atoms with E-state index in [1.807, 2.05) is 18.3 Å². The first kappa shape index (κ1) is 20.6. The van der Waals surface area contributed by atoms with Gasteiger partial charge in [-0.25, -0.2) is 9.97 Å². The van der Waals surface area contributed by atoms with E-state index in [-0.39, 0.29) is 24.0 Å². The Morgan fingerprint density at radius 2 is 2.17 bits per heavy atom. The standard InChI is InChI=1S/C16H23N5OS.HI/c1-4-13-11-20-14(23-13)7-9-19-16(17-2)21-10-12-6-5-8-18-15(12)22-3;/h5-6,8,11H,4,7,9-10H2,1-3H3,(H2,17,19,21);1H. The van der Waals surface area contributed by atoms with Gasteiger partial charge < -0.3 is 15.4 Å². The lowest BCUT2D eigenvalue weighted by Gasteiger charge is -2.12. The Balaban J connectivity index is 0.00000288. The number of hydrogen-bond acceptors (Lipinski definition) is 5. The molecule has 0 bridgehead atoms. The van der Waals surface area contributed by atoms with Gasteiger partial charge in [0.2, 0.25) is 5.88 Å². The van der Waals surface area contributed by atoms with Crippen LogP contribution in [-0.2, 0) is 19.4 Å². The van der Waals surface area contributed by atoms with Crippen molar-refractivity contribution in [1.29, 1.82) is 0 Å². The molecule has 8 heteroatoms. The van der Waals surface area contributed by atoms with Crippen molar-refractivity contribution in [2.45, 2.75) is 26.3 Å². The summed E-state index contributed by atoms with van der Waals surface area (Å²) in [4.78, 5) is 14.2. The fourth-order valence-electron chi connectivity index (χ4n) is 2.06. The van der Waals surface area contributed by atoms with Crippen LogP contribution in [0.4, 0.5) is 0 Å². The van der Waals surface area contributed by atoms with E-state index in [4.69, 9.17) is 4.74 Å². The average molecular weight is 461 g/mol. The van der Waals surface area contributed by atoms with Crippen molar-refractivity contribution in [2.75, 3.05) is 20.7 Å². The van der Waals surface area contributed by atoms with Crippen LogP contribution in [0.25, 0.3) is 0 Å². The molecule has 6 nitrogen and oxygen atoms in total. The molecule has 2 aromatic heterocycles. The summed E-state index contributed by atoms with van der Waals surface area (Å²) in [6.45, 7) is 3.54. The van der Waals surface area contributed by atoms with E-state index in [1.165, 1.54) is 4.88 Å². The number of aromatic nitrogens is 2. The van der Waals surface area contributed by atoms with Crippen LogP contribution in [0.3, 0.4) is 0 Å². The molecule has 0 amide bonds. The Labute approximate surface area is 164 Å². The predicted molar refractivity (Wildman–Crippen MR) is 110 cm³/mol. The van der Waals surface area contributed by atoms with Gasteiger partial charge >= 0.3 is 0 Å². The maximum Gasteiger partial charge on any atom is 0.218 e. The quantitative estimate of drug-likeness (QED) is 0.377. The number of aliphatic imine (C=N–C) groups is 1. The van der Waals surface area contributed by atoms with E-state index >= 15 is 0 Å². The lowest BCUT2D eigenvalue weighted by atomic mass is 10.2. The van der Waals surface area contributed by atoms with Crippen LogP contribution in [0.5, 0.6) is 5.88 Å². The molecule has 0 saturated heterocycles. The maximum absolute atomic E-state index is 5.24. The molecule has 0 spiro atoms. The zero-order valence-corrected chi connectivity index (χ0v) is 17.4. The Morgan fingerprint density at radius 3 is 2.83 bits per heavy atom. The van der Waals surface area contributed by atoms with Crippen LogP contribution in [-0.4, -0.2) is 36.6 Å². The van der Waals surface area contributed by atoms with Crippen molar-refractivity contribution in [3.63, 3.8) is 0 Å². The van der Waals surface area contributed by atoms with Crippen molar-refractivity contribution in [1.82, 2.24) is 20.6 Å². The number of methoxy groups -OCH3 is 1. The number of pyridine rings is 1. The fraction of sp³-hybridized carbons (Fsp3) is 0.438. The molecule has 2 rings (SSSR count). The van der Waals surface area contributed by atoms with Crippen LogP contribution < -0.4 is 15.4 Å². The number of aryl methyl sites for hydroxylation is 1. The monoisotopic (exact) mass is 461 g/mol. The highest BCUT2D eigenvalue weighted by molar-refractivity contribution is 14.0. The first-order chi connectivity index (χ1) is 11.3. The van der Waals surface area contributed by atoms with Gasteiger partial charge in [-0.1, -0.05) is 13.0 Å². The third-order valence-corrected chi connectivity index (χ3v) is 4.50. The summed E-state index contributed by atoms with van der Waals surface area (Å²) in [5, 5.41) is 7.71. The van der Waals surface area contributed by atoms with Crippen molar-refractivity contribution in [2.24, 2.45) is 4.99 Å². The van der Waals surface area contributed by atoms with E-state index in [9.17, 15) is 0 Å². The smallest absolute Gasteiger partial charge is 0.218 e. The van der Waals surface area contributed by atoms with Gasteiger partial charge in [0.25, 0.3) is 0 Å². The highest BCUT2D eigenvalue weighted by Gasteiger charge is 2.05. The number of guanidine groups is 1. The summed E-state index contributed by atoms with van der Waals surface area (Å²) in [6, 6.07) is 3.87. The molecule has 24 heavy (non-hydrogen) atoms. The summed E-state index contributed by atoms with van der Waals surface area (Å²) in [6.07, 6.45) is 5.61. The van der Waals surface area contributed by atoms with Crippen molar-refractivity contribution < 1.29 is 4.74 Å². The first-order valence-electron chi connectivity index (χ1n) is 7.62. The highest BCUT2D eigenvalue weighted by Crippen LogP contribution is 2.14. The number of thiazole rings is 1. The van der Waals surface area contributed by atoms with Crippen molar-refractivity contribution >= 4 is 41.3 Å². The summed E-state index contributed by atoms with van der Waals surface area (Å²) in [5.74, 6) is 1.38. The van der Waals surface area contributed by atoms with Gasteiger partial charge in [-0.15, -0.1) is 35.3 Å². The maximum atomic E-state index is 5.24. The lowest BCUT2D eigenvalue weighted by molar-refractivity contribution is 0.392. The first-order valence-corrected chi connectivity index (χ1v) is 8.44. The van der Waals surface area contributed by atoms with E-state index in [1.54, 1.807) is 31.7 Å². The van der Waals surface area contributed by atoms with Crippen LogP contribution in [0.15, 0.2) is 29.5 Å². The molecule has 0 fully saturated rings. The largest absolute Gasteiger partial charge is 0.481 e. The summed E-state index contributed by atoms with van der Waals surface area (Å²) >= 11 is 1.77. The third kappa shape index (κ3) is 6.23. The van der Waals surface area contributed by atoms with Crippen molar-refractivity contribution in [3.05, 3.63) is 40.0 Å². The molecule has 2 aromatic rings. The van der Waals surface area contributed by atoms with E-state index < -0.39 is 0 Å². The molecule has 0 aromatic carbocycles. The topological polar surface area (TPSA) is 71.4 Å². The van der Waals surface area contributed by atoms with E-state index in [0.29, 0.717) is 12.4 Å². The van der Waals surface area contributed by atoms with Gasteiger partial charge in [0.05, 0.1) is 12.1 Å². The summed E-state index contributed by atoms with van der Waals surface area (Å²) in [7, 11) is 3.38. The molecule has 2 heterocycles. The van der Waals surface area contributed by atoms with Crippen LogP contribution in [0.1, 0.15) is 22.4 Å². The second-order valence-electron chi connectivity index (χ2n) is 4.85. The molecule has 0 saturated carbocycles. The number of hydrogen-bond donors (Lipinski definition) is 2. The lowest BCUT2D eigenvalue weighted by Crippen LogP contribution is -2.37. The molecular formula is C16H24IN5OS. The molecule has 0 atom stereocenters. The number of rotatable bonds is 7. The zero-order chi connectivity index (χ0) is 16.5. The minimum absolute atomic E-state index is 0. The Bertz CT molecular complexity index is 647. The van der Waals surface area contributed by atoms with Crippen LogP contribution in [0, 0.1) is 0 Å². The second kappa shape index (κ2) is 11.2. The minimum Gasteiger partial charge on any atom is -0.481 e. The molecule has 0 radical (unpaired) electrons. The van der Waals surface area contributed by atoms with Gasteiger partial charge in [0.1, 0.15) is 0 Å². The van der Waals surface area contributed by atoms with Gasteiger partial charge in [-0.3, -0.25) is 4.99 Å². The van der Waals surface area contributed by atoms with E-state index in [2.05, 4.69) is 32.5 Å². The zero-order valence-electron chi connectivity index (χ0n) is 14.2. The molecule has 132 valence electrons. The summed E-state index contributed by atoms with van der Waals surface area (Å²) < 4.78 is 5.24.